The van der Waals surface area contributed by atoms with E-state index in [0.29, 0.717) is 5.75 Å². The molecule has 1 amide bonds. The van der Waals surface area contributed by atoms with Gasteiger partial charge in [-0.15, -0.1) is 0 Å². The number of nitrogens with zero attached hydrogens (tertiary/aromatic N) is 1. The van der Waals surface area contributed by atoms with Crippen LogP contribution in [-0.4, -0.2) is 46.4 Å². The first-order valence-electron chi connectivity index (χ1n) is 8.42. The van der Waals surface area contributed by atoms with Crippen molar-refractivity contribution >= 4 is 15.9 Å². The van der Waals surface area contributed by atoms with Crippen molar-refractivity contribution in [1.29, 1.82) is 0 Å². The number of likely N-dealkylation sites (N-methyl/N-ethyl adjacent to an activating group) is 1. The van der Waals surface area contributed by atoms with E-state index in [0.717, 1.165) is 22.0 Å². The number of methoxy groups -OCH3 is 2. The summed E-state index contributed by atoms with van der Waals surface area (Å²) in [4.78, 5) is 12.0. The van der Waals surface area contributed by atoms with Crippen LogP contribution in [0.25, 0.3) is 0 Å². The van der Waals surface area contributed by atoms with Crippen LogP contribution in [0.15, 0.2) is 47.4 Å². The van der Waals surface area contributed by atoms with Gasteiger partial charge in [-0.2, -0.15) is 4.31 Å². The van der Waals surface area contributed by atoms with Gasteiger partial charge >= 0.3 is 0 Å². The molecule has 2 rings (SSSR count). The first kappa shape index (κ1) is 21.6. The number of para-hydroxylation sites is 1. The molecule has 2 aromatic carbocycles. The average molecular weight is 410 g/mol. The predicted octanol–water partition coefficient (Wildman–Crippen LogP) is 2.34. The van der Waals surface area contributed by atoms with Crippen molar-refractivity contribution in [1.82, 2.24) is 9.62 Å². The smallest absolute Gasteiger partial charge is 0.247 e. The van der Waals surface area contributed by atoms with Gasteiger partial charge in [0, 0.05) is 12.6 Å². The van der Waals surface area contributed by atoms with E-state index in [-0.39, 0.29) is 10.6 Å². The van der Waals surface area contributed by atoms with Gasteiger partial charge in [0.1, 0.15) is 22.2 Å². The number of carbonyl (C=O) groups excluding carboxylic acids is 1. The summed E-state index contributed by atoms with van der Waals surface area (Å²) in [5.41, 5.74) is 0.760. The van der Waals surface area contributed by atoms with Crippen LogP contribution in [0.2, 0.25) is 0 Å². The minimum absolute atomic E-state index is 0.00366. The summed E-state index contributed by atoms with van der Waals surface area (Å²) in [6.07, 6.45) is 0. The number of amides is 1. The Labute approximate surface area is 164 Å². The Morgan fingerprint density at radius 3 is 2.43 bits per heavy atom. The van der Waals surface area contributed by atoms with Crippen LogP contribution in [0, 0.1) is 5.82 Å². The normalized spacial score (nSPS) is 12.5. The van der Waals surface area contributed by atoms with Crippen molar-refractivity contribution in [2.75, 3.05) is 27.8 Å². The SMILES string of the molecule is COc1ccccc1C(C)NC(=O)CN(C)S(=O)(=O)c1cc(F)ccc1OC. The van der Waals surface area contributed by atoms with Crippen molar-refractivity contribution in [2.24, 2.45) is 0 Å². The minimum Gasteiger partial charge on any atom is -0.496 e. The maximum atomic E-state index is 13.5. The van der Waals surface area contributed by atoms with E-state index in [1.807, 2.05) is 18.2 Å². The molecular formula is C19H23FN2O5S. The second kappa shape index (κ2) is 9.03. The third kappa shape index (κ3) is 4.79. The molecule has 1 N–H and O–H groups in total. The Bertz CT molecular complexity index is 949. The number of carbonyl (C=O) groups is 1. The van der Waals surface area contributed by atoms with E-state index in [2.05, 4.69) is 5.32 Å². The van der Waals surface area contributed by atoms with E-state index >= 15 is 0 Å². The monoisotopic (exact) mass is 410 g/mol. The summed E-state index contributed by atoms with van der Waals surface area (Å²) in [6, 6.07) is 9.98. The van der Waals surface area contributed by atoms with Gasteiger partial charge in [-0.25, -0.2) is 12.8 Å². The summed E-state index contributed by atoms with van der Waals surface area (Å²) in [5.74, 6) is -0.626. The fourth-order valence-corrected chi connectivity index (χ4v) is 3.99. The number of hydrogen-bond acceptors (Lipinski definition) is 5. The van der Waals surface area contributed by atoms with Crippen LogP contribution < -0.4 is 14.8 Å². The fourth-order valence-electron chi connectivity index (χ4n) is 2.70. The Kier molecular flexibility index (Phi) is 6.98. The lowest BCUT2D eigenvalue weighted by atomic mass is 10.1. The predicted molar refractivity (Wildman–Crippen MR) is 102 cm³/mol. The number of sulfonamides is 1. The highest BCUT2D eigenvalue weighted by Gasteiger charge is 2.27. The van der Waals surface area contributed by atoms with Gasteiger partial charge in [0.15, 0.2) is 0 Å². The van der Waals surface area contributed by atoms with Crippen LogP contribution in [0.5, 0.6) is 11.5 Å². The molecule has 0 heterocycles. The lowest BCUT2D eigenvalue weighted by Crippen LogP contribution is -2.39. The van der Waals surface area contributed by atoms with Crippen LogP contribution in [0.1, 0.15) is 18.5 Å². The number of ether oxygens (including phenoxy) is 2. The van der Waals surface area contributed by atoms with Crippen molar-refractivity contribution < 1.29 is 27.1 Å². The maximum absolute atomic E-state index is 13.5. The van der Waals surface area contributed by atoms with Crippen molar-refractivity contribution in [3.8, 4) is 11.5 Å². The van der Waals surface area contributed by atoms with E-state index in [1.165, 1.54) is 27.3 Å². The van der Waals surface area contributed by atoms with Gasteiger partial charge in [0.05, 0.1) is 26.8 Å². The van der Waals surface area contributed by atoms with Crippen molar-refractivity contribution in [3.63, 3.8) is 0 Å². The highest BCUT2D eigenvalue weighted by Crippen LogP contribution is 2.27. The molecule has 1 unspecified atom stereocenters. The lowest BCUT2D eigenvalue weighted by Gasteiger charge is -2.21. The van der Waals surface area contributed by atoms with Gasteiger partial charge in [-0.05, 0) is 31.2 Å². The van der Waals surface area contributed by atoms with Crippen molar-refractivity contribution in [2.45, 2.75) is 17.9 Å². The Morgan fingerprint density at radius 1 is 1.14 bits per heavy atom. The standard InChI is InChI=1S/C19H23FN2O5S/c1-13(15-7-5-6-8-16(15)26-3)21-19(23)12-22(2)28(24,25)18-11-14(20)9-10-17(18)27-4/h5-11,13H,12H2,1-4H3,(H,21,23). The third-order valence-corrected chi connectivity index (χ3v) is 5.99. The molecule has 0 saturated heterocycles. The highest BCUT2D eigenvalue weighted by molar-refractivity contribution is 7.89. The number of rotatable bonds is 8. The maximum Gasteiger partial charge on any atom is 0.247 e. The molecule has 0 saturated carbocycles. The Balaban J connectivity index is 2.14. The van der Waals surface area contributed by atoms with Gasteiger partial charge in [-0.1, -0.05) is 18.2 Å². The third-order valence-electron chi connectivity index (χ3n) is 4.16. The molecule has 28 heavy (non-hydrogen) atoms. The summed E-state index contributed by atoms with van der Waals surface area (Å²) in [6.45, 7) is 1.32. The summed E-state index contributed by atoms with van der Waals surface area (Å²) < 4.78 is 50.1. The van der Waals surface area contributed by atoms with E-state index in [4.69, 9.17) is 9.47 Å². The molecule has 1 atom stereocenters. The quantitative estimate of drug-likeness (QED) is 0.722. The molecule has 0 aromatic heterocycles. The highest BCUT2D eigenvalue weighted by atomic mass is 32.2. The van der Waals surface area contributed by atoms with Crippen LogP contribution in [0.4, 0.5) is 4.39 Å². The second-order valence-electron chi connectivity index (χ2n) is 6.09. The molecule has 0 spiro atoms. The minimum atomic E-state index is -4.13. The molecule has 0 radical (unpaired) electrons. The summed E-state index contributed by atoms with van der Waals surface area (Å²) in [7, 11) is -0.0732. The molecule has 0 bridgehead atoms. The van der Waals surface area contributed by atoms with Crippen LogP contribution in [-0.2, 0) is 14.8 Å². The average Bonchev–Trinajstić information content (AvgIpc) is 2.67. The van der Waals surface area contributed by atoms with Gasteiger partial charge in [0.2, 0.25) is 15.9 Å². The topological polar surface area (TPSA) is 84.9 Å². The fraction of sp³-hybridized carbons (Fsp3) is 0.316. The zero-order valence-electron chi connectivity index (χ0n) is 16.1. The first-order chi connectivity index (χ1) is 13.2. The molecule has 0 fully saturated rings. The van der Waals surface area contributed by atoms with E-state index in [1.54, 1.807) is 13.0 Å². The number of hydrogen-bond donors (Lipinski definition) is 1. The van der Waals surface area contributed by atoms with Gasteiger partial charge in [0.25, 0.3) is 0 Å². The number of halogens is 1. The first-order valence-corrected chi connectivity index (χ1v) is 9.87. The molecule has 0 aliphatic rings. The largest absolute Gasteiger partial charge is 0.496 e. The van der Waals surface area contributed by atoms with Gasteiger partial charge in [-0.3, -0.25) is 4.79 Å². The van der Waals surface area contributed by atoms with Crippen molar-refractivity contribution in [3.05, 3.63) is 53.8 Å². The zero-order valence-corrected chi connectivity index (χ0v) is 16.9. The molecule has 0 aliphatic carbocycles. The molecule has 7 nitrogen and oxygen atoms in total. The molecular weight excluding hydrogens is 387 g/mol. The Morgan fingerprint density at radius 2 is 1.79 bits per heavy atom. The van der Waals surface area contributed by atoms with E-state index in [9.17, 15) is 17.6 Å². The molecule has 9 heteroatoms. The summed E-state index contributed by atoms with van der Waals surface area (Å²) in [5, 5.41) is 2.73. The molecule has 2 aromatic rings. The summed E-state index contributed by atoms with van der Waals surface area (Å²) >= 11 is 0. The number of benzene rings is 2. The van der Waals surface area contributed by atoms with E-state index < -0.39 is 34.3 Å². The molecule has 152 valence electrons. The zero-order chi connectivity index (χ0) is 20.9. The number of nitrogens with one attached hydrogen (secondary N) is 1. The van der Waals surface area contributed by atoms with Crippen LogP contribution in [0.3, 0.4) is 0 Å². The van der Waals surface area contributed by atoms with Crippen LogP contribution >= 0.6 is 0 Å². The lowest BCUT2D eigenvalue weighted by molar-refractivity contribution is -0.121. The Hall–Kier alpha value is -2.65. The molecule has 0 aliphatic heterocycles. The second-order valence-corrected chi connectivity index (χ2v) is 8.10. The van der Waals surface area contributed by atoms with Gasteiger partial charge < -0.3 is 14.8 Å².